The zero-order chi connectivity index (χ0) is 14.6. The first-order valence-electron chi connectivity index (χ1n) is 8.13. The second kappa shape index (κ2) is 11.3. The van der Waals surface area contributed by atoms with Crippen molar-refractivity contribution < 1.29 is 0 Å². The first-order valence-corrected chi connectivity index (χ1v) is 8.13. The average Bonchev–Trinajstić information content (AvgIpc) is 2.42. The van der Waals surface area contributed by atoms with Gasteiger partial charge in [0.25, 0.3) is 0 Å². The van der Waals surface area contributed by atoms with Crippen LogP contribution in [0.1, 0.15) is 73.1 Å². The van der Waals surface area contributed by atoms with Crippen LogP contribution in [-0.4, -0.2) is 13.1 Å². The Morgan fingerprint density at radius 1 is 1.11 bits per heavy atom. The van der Waals surface area contributed by atoms with E-state index < -0.39 is 0 Å². The molecule has 0 aromatic rings. The molecule has 19 heavy (non-hydrogen) atoms. The van der Waals surface area contributed by atoms with Crippen molar-refractivity contribution in [2.24, 2.45) is 5.41 Å². The Morgan fingerprint density at radius 2 is 1.84 bits per heavy atom. The van der Waals surface area contributed by atoms with Crippen molar-refractivity contribution in [1.29, 1.82) is 0 Å². The van der Waals surface area contributed by atoms with E-state index in [0.29, 0.717) is 5.41 Å². The van der Waals surface area contributed by atoms with Gasteiger partial charge in [-0.2, -0.15) is 0 Å². The van der Waals surface area contributed by atoms with E-state index in [1.165, 1.54) is 38.5 Å². The maximum Gasteiger partial charge on any atom is -0.00438 e. The SMILES string of the molecule is C/C=C\C=C(/CCC)CCC(C)(CC)CCNCC. The lowest BCUT2D eigenvalue weighted by Gasteiger charge is -2.29. The molecule has 0 aliphatic carbocycles. The molecule has 0 saturated carbocycles. The summed E-state index contributed by atoms with van der Waals surface area (Å²) in [5.41, 5.74) is 2.11. The van der Waals surface area contributed by atoms with E-state index in [0.717, 1.165) is 13.1 Å². The van der Waals surface area contributed by atoms with Crippen molar-refractivity contribution in [3.05, 3.63) is 23.8 Å². The Labute approximate surface area is 121 Å². The van der Waals surface area contributed by atoms with E-state index in [1.807, 2.05) is 0 Å². The van der Waals surface area contributed by atoms with Gasteiger partial charge in [-0.25, -0.2) is 0 Å². The Hall–Kier alpha value is -0.560. The minimum atomic E-state index is 0.491. The zero-order valence-electron chi connectivity index (χ0n) is 13.9. The summed E-state index contributed by atoms with van der Waals surface area (Å²) in [6.07, 6.45) is 14.3. The van der Waals surface area contributed by atoms with E-state index in [2.05, 4.69) is 58.2 Å². The smallest absolute Gasteiger partial charge is 0.00438 e. The first kappa shape index (κ1) is 18.4. The first-order chi connectivity index (χ1) is 9.11. The van der Waals surface area contributed by atoms with Crippen LogP contribution in [0.4, 0.5) is 0 Å². The van der Waals surface area contributed by atoms with Crippen LogP contribution in [0.2, 0.25) is 0 Å². The summed E-state index contributed by atoms with van der Waals surface area (Å²) >= 11 is 0. The van der Waals surface area contributed by atoms with E-state index in [1.54, 1.807) is 5.57 Å². The molecule has 0 radical (unpaired) electrons. The second-order valence-corrected chi connectivity index (χ2v) is 5.87. The molecule has 0 aromatic heterocycles. The summed E-state index contributed by atoms with van der Waals surface area (Å²) in [5, 5.41) is 3.46. The Bertz CT molecular complexity index is 265. The normalized spacial score (nSPS) is 15.9. The Kier molecular flexibility index (Phi) is 10.9. The van der Waals surface area contributed by atoms with E-state index in [9.17, 15) is 0 Å². The highest BCUT2D eigenvalue weighted by atomic mass is 14.8. The highest BCUT2D eigenvalue weighted by Gasteiger charge is 2.21. The molecule has 1 atom stereocenters. The quantitative estimate of drug-likeness (QED) is 0.385. The second-order valence-electron chi connectivity index (χ2n) is 5.87. The fraction of sp³-hybridized carbons (Fsp3) is 0.778. The maximum absolute atomic E-state index is 3.46. The molecule has 0 saturated heterocycles. The average molecular weight is 265 g/mol. The van der Waals surface area contributed by atoms with Crippen LogP contribution in [0.25, 0.3) is 0 Å². The molecule has 0 aromatic carbocycles. The van der Waals surface area contributed by atoms with Gasteiger partial charge in [-0.15, -0.1) is 0 Å². The van der Waals surface area contributed by atoms with Gasteiger partial charge in [-0.3, -0.25) is 0 Å². The van der Waals surface area contributed by atoms with Crippen molar-refractivity contribution in [3.63, 3.8) is 0 Å². The zero-order valence-corrected chi connectivity index (χ0v) is 13.9. The van der Waals surface area contributed by atoms with Crippen LogP contribution in [0.3, 0.4) is 0 Å². The minimum absolute atomic E-state index is 0.491. The molecule has 0 aliphatic heterocycles. The van der Waals surface area contributed by atoms with Crippen molar-refractivity contribution in [2.75, 3.05) is 13.1 Å². The van der Waals surface area contributed by atoms with Gasteiger partial charge in [0.2, 0.25) is 0 Å². The predicted molar refractivity (Wildman–Crippen MR) is 88.6 cm³/mol. The monoisotopic (exact) mass is 265 g/mol. The van der Waals surface area contributed by atoms with Gasteiger partial charge in [0, 0.05) is 0 Å². The van der Waals surface area contributed by atoms with Gasteiger partial charge in [0.15, 0.2) is 0 Å². The molecule has 0 rings (SSSR count). The number of rotatable bonds is 11. The van der Waals surface area contributed by atoms with Crippen molar-refractivity contribution in [2.45, 2.75) is 73.1 Å². The highest BCUT2D eigenvalue weighted by molar-refractivity contribution is 5.12. The summed E-state index contributed by atoms with van der Waals surface area (Å²) in [7, 11) is 0. The molecule has 0 fully saturated rings. The predicted octanol–water partition coefficient (Wildman–Crippen LogP) is 5.49. The van der Waals surface area contributed by atoms with Gasteiger partial charge < -0.3 is 5.32 Å². The van der Waals surface area contributed by atoms with Crippen LogP contribution in [0, 0.1) is 5.41 Å². The van der Waals surface area contributed by atoms with E-state index in [4.69, 9.17) is 0 Å². The lowest BCUT2D eigenvalue weighted by atomic mass is 9.78. The van der Waals surface area contributed by atoms with Gasteiger partial charge in [-0.05, 0) is 51.1 Å². The van der Waals surface area contributed by atoms with Crippen molar-refractivity contribution in [3.8, 4) is 0 Å². The summed E-state index contributed by atoms with van der Waals surface area (Å²) in [4.78, 5) is 0. The third-order valence-electron chi connectivity index (χ3n) is 4.15. The van der Waals surface area contributed by atoms with E-state index in [-0.39, 0.29) is 0 Å². The molecule has 1 heteroatoms. The third-order valence-corrected chi connectivity index (χ3v) is 4.15. The fourth-order valence-corrected chi connectivity index (χ4v) is 2.35. The largest absolute Gasteiger partial charge is 0.317 e. The Balaban J connectivity index is 4.34. The fourth-order valence-electron chi connectivity index (χ4n) is 2.35. The lowest BCUT2D eigenvalue weighted by molar-refractivity contribution is 0.257. The number of hydrogen-bond acceptors (Lipinski definition) is 1. The molecule has 112 valence electrons. The topological polar surface area (TPSA) is 12.0 Å². The number of hydrogen-bond donors (Lipinski definition) is 1. The van der Waals surface area contributed by atoms with Crippen LogP contribution >= 0.6 is 0 Å². The van der Waals surface area contributed by atoms with Crippen molar-refractivity contribution in [1.82, 2.24) is 5.32 Å². The standard InChI is InChI=1S/C18H35N/c1-6-10-12-17(11-7-2)13-14-18(5,8-3)15-16-19-9-4/h6,10,12,19H,7-9,11,13-16H2,1-5H3/b10-6-,17-12+. The number of allylic oxidation sites excluding steroid dienone is 4. The minimum Gasteiger partial charge on any atom is -0.317 e. The summed E-state index contributed by atoms with van der Waals surface area (Å²) < 4.78 is 0. The molecule has 1 N–H and O–H groups in total. The molecule has 0 bridgehead atoms. The van der Waals surface area contributed by atoms with Crippen LogP contribution < -0.4 is 5.32 Å². The molecule has 0 spiro atoms. The van der Waals surface area contributed by atoms with Crippen LogP contribution in [0.5, 0.6) is 0 Å². The molecule has 0 aliphatic rings. The summed E-state index contributed by atoms with van der Waals surface area (Å²) in [6, 6.07) is 0. The molecule has 1 nitrogen and oxygen atoms in total. The molecular weight excluding hydrogens is 230 g/mol. The van der Waals surface area contributed by atoms with Crippen molar-refractivity contribution >= 4 is 0 Å². The highest BCUT2D eigenvalue weighted by Crippen LogP contribution is 2.33. The van der Waals surface area contributed by atoms with Gasteiger partial charge >= 0.3 is 0 Å². The van der Waals surface area contributed by atoms with Gasteiger partial charge in [-0.1, -0.05) is 64.3 Å². The number of nitrogens with one attached hydrogen (secondary N) is 1. The molecule has 1 unspecified atom stereocenters. The van der Waals surface area contributed by atoms with Gasteiger partial charge in [0.1, 0.15) is 0 Å². The molecule has 0 amide bonds. The Morgan fingerprint density at radius 3 is 2.37 bits per heavy atom. The van der Waals surface area contributed by atoms with E-state index >= 15 is 0 Å². The van der Waals surface area contributed by atoms with Gasteiger partial charge in [0.05, 0.1) is 0 Å². The maximum atomic E-state index is 3.46. The third kappa shape index (κ3) is 9.04. The van der Waals surface area contributed by atoms with Crippen LogP contribution in [0.15, 0.2) is 23.8 Å². The summed E-state index contributed by atoms with van der Waals surface area (Å²) in [6.45, 7) is 13.6. The van der Waals surface area contributed by atoms with Crippen LogP contribution in [-0.2, 0) is 0 Å². The summed E-state index contributed by atoms with van der Waals surface area (Å²) in [5.74, 6) is 0. The molecular formula is C18H35N. The molecule has 0 heterocycles. The lowest BCUT2D eigenvalue weighted by Crippen LogP contribution is -2.24.